The first-order valence-corrected chi connectivity index (χ1v) is 10.5. The minimum Gasteiger partial charge on any atom is -0.484 e. The van der Waals surface area contributed by atoms with E-state index in [4.69, 9.17) is 4.74 Å². The number of amides is 2. The van der Waals surface area contributed by atoms with Crippen LogP contribution in [0.15, 0.2) is 48.5 Å². The lowest BCUT2D eigenvalue weighted by Crippen LogP contribution is -2.38. The van der Waals surface area contributed by atoms with E-state index in [1.807, 2.05) is 16.7 Å². The number of halogens is 3. The molecular formula is C21H21F3N2O3S. The molecule has 5 nitrogen and oxygen atoms in total. The summed E-state index contributed by atoms with van der Waals surface area (Å²) in [5, 5.41) is 2.65. The van der Waals surface area contributed by atoms with Crippen molar-refractivity contribution in [2.24, 2.45) is 0 Å². The van der Waals surface area contributed by atoms with Crippen LogP contribution in [0.3, 0.4) is 0 Å². The number of ether oxygens (including phenoxy) is 1. The Balaban J connectivity index is 1.45. The van der Waals surface area contributed by atoms with Crippen molar-refractivity contribution in [3.63, 3.8) is 0 Å². The van der Waals surface area contributed by atoms with Crippen molar-refractivity contribution in [1.29, 1.82) is 0 Å². The molecule has 1 saturated heterocycles. The zero-order valence-electron chi connectivity index (χ0n) is 16.1. The molecule has 9 heteroatoms. The topological polar surface area (TPSA) is 58.6 Å². The van der Waals surface area contributed by atoms with Gasteiger partial charge in [0.15, 0.2) is 6.61 Å². The second kappa shape index (κ2) is 9.88. The van der Waals surface area contributed by atoms with Crippen LogP contribution in [0.25, 0.3) is 0 Å². The van der Waals surface area contributed by atoms with Crippen LogP contribution in [0.5, 0.6) is 5.75 Å². The van der Waals surface area contributed by atoms with E-state index in [1.165, 1.54) is 12.1 Å². The zero-order valence-corrected chi connectivity index (χ0v) is 16.9. The van der Waals surface area contributed by atoms with E-state index in [0.29, 0.717) is 12.1 Å². The molecule has 1 N–H and O–H groups in total. The van der Waals surface area contributed by atoms with E-state index in [-0.39, 0.29) is 18.3 Å². The maximum absolute atomic E-state index is 12.5. The number of nitrogens with one attached hydrogen (secondary N) is 1. The van der Waals surface area contributed by atoms with E-state index in [9.17, 15) is 22.8 Å². The first-order valence-electron chi connectivity index (χ1n) is 9.35. The van der Waals surface area contributed by atoms with Crippen LogP contribution in [-0.4, -0.2) is 47.9 Å². The first-order chi connectivity index (χ1) is 14.3. The minimum absolute atomic E-state index is 0.0945. The summed E-state index contributed by atoms with van der Waals surface area (Å²) in [6.07, 6.45) is -4.10. The number of carbonyl (C=O) groups is 2. The van der Waals surface area contributed by atoms with Gasteiger partial charge in [0.05, 0.1) is 12.0 Å². The fraction of sp³-hybridized carbons (Fsp3) is 0.333. The molecule has 2 amide bonds. The summed E-state index contributed by atoms with van der Waals surface area (Å²) in [7, 11) is 0. The molecule has 1 fully saturated rings. The van der Waals surface area contributed by atoms with Crippen molar-refractivity contribution in [3.8, 4) is 5.75 Å². The molecule has 0 aliphatic carbocycles. The third-order valence-electron chi connectivity index (χ3n) is 4.51. The fourth-order valence-electron chi connectivity index (χ4n) is 2.89. The highest BCUT2D eigenvalue weighted by atomic mass is 32.2. The number of thioether (sulfide) groups is 1. The quantitative estimate of drug-likeness (QED) is 0.745. The summed E-state index contributed by atoms with van der Waals surface area (Å²) < 4.78 is 42.8. The lowest BCUT2D eigenvalue weighted by Gasteiger charge is -2.26. The predicted molar refractivity (Wildman–Crippen MR) is 110 cm³/mol. The van der Waals surface area contributed by atoms with Crippen LogP contribution in [0.1, 0.15) is 11.1 Å². The van der Waals surface area contributed by atoms with Crippen LogP contribution in [0.2, 0.25) is 0 Å². The molecule has 160 valence electrons. The van der Waals surface area contributed by atoms with Crippen LogP contribution in [-0.2, 0) is 22.2 Å². The Morgan fingerprint density at radius 2 is 1.63 bits per heavy atom. The standard InChI is InChI=1S/C21H21F3N2O3S/c22-21(23,24)16-3-7-18(8-4-16)29-14-19(27)25-17-5-1-15(2-6-17)13-20(28)26-9-11-30-12-10-26/h1-8H,9-14H2,(H,25,27). The van der Waals surface area contributed by atoms with Gasteiger partial charge in [0, 0.05) is 30.3 Å². The predicted octanol–water partition coefficient (Wildman–Crippen LogP) is 3.84. The van der Waals surface area contributed by atoms with Gasteiger partial charge < -0.3 is 15.0 Å². The number of hydrogen-bond donors (Lipinski definition) is 1. The molecule has 0 aromatic heterocycles. The zero-order chi connectivity index (χ0) is 21.6. The Labute approximate surface area is 176 Å². The second-order valence-corrected chi connectivity index (χ2v) is 7.95. The highest BCUT2D eigenvalue weighted by Crippen LogP contribution is 2.30. The summed E-state index contributed by atoms with van der Waals surface area (Å²) in [5.41, 5.74) is 0.621. The van der Waals surface area contributed by atoms with Gasteiger partial charge >= 0.3 is 6.18 Å². The molecule has 0 atom stereocenters. The Kier molecular flexibility index (Phi) is 7.25. The van der Waals surface area contributed by atoms with Gasteiger partial charge in [-0.25, -0.2) is 0 Å². The van der Waals surface area contributed by atoms with Gasteiger partial charge in [0.2, 0.25) is 5.91 Å². The monoisotopic (exact) mass is 438 g/mol. The largest absolute Gasteiger partial charge is 0.484 e. The Morgan fingerprint density at radius 1 is 1.00 bits per heavy atom. The number of nitrogens with zero attached hydrogens (tertiary/aromatic N) is 1. The summed E-state index contributed by atoms with van der Waals surface area (Å²) >= 11 is 1.84. The molecule has 0 bridgehead atoms. The summed E-state index contributed by atoms with van der Waals surface area (Å²) in [6.45, 7) is 1.21. The Hall–Kier alpha value is -2.68. The van der Waals surface area contributed by atoms with Crippen molar-refractivity contribution in [3.05, 3.63) is 59.7 Å². The molecular weight excluding hydrogens is 417 g/mol. The number of anilines is 1. The van der Waals surface area contributed by atoms with Gasteiger partial charge in [-0.1, -0.05) is 12.1 Å². The average molecular weight is 438 g/mol. The van der Waals surface area contributed by atoms with Crippen LogP contribution < -0.4 is 10.1 Å². The number of rotatable bonds is 6. The first kappa shape index (κ1) is 22.0. The summed E-state index contributed by atoms with van der Waals surface area (Å²) in [5.74, 6) is 1.75. The van der Waals surface area contributed by atoms with Gasteiger partial charge in [-0.15, -0.1) is 0 Å². The van der Waals surface area contributed by atoms with Crippen molar-refractivity contribution in [2.75, 3.05) is 36.5 Å². The Bertz CT molecular complexity index is 865. The molecule has 0 spiro atoms. The van der Waals surface area contributed by atoms with E-state index in [2.05, 4.69) is 5.32 Å². The van der Waals surface area contributed by atoms with Gasteiger partial charge in [0.25, 0.3) is 5.91 Å². The van der Waals surface area contributed by atoms with Crippen molar-refractivity contribution in [1.82, 2.24) is 4.90 Å². The molecule has 30 heavy (non-hydrogen) atoms. The summed E-state index contributed by atoms with van der Waals surface area (Å²) in [4.78, 5) is 26.2. The molecule has 2 aromatic carbocycles. The molecule has 0 saturated carbocycles. The maximum Gasteiger partial charge on any atom is 0.416 e. The maximum atomic E-state index is 12.5. The number of benzene rings is 2. The van der Waals surface area contributed by atoms with Crippen molar-refractivity contribution < 1.29 is 27.5 Å². The van der Waals surface area contributed by atoms with Crippen LogP contribution in [0, 0.1) is 0 Å². The third-order valence-corrected chi connectivity index (χ3v) is 5.45. The minimum atomic E-state index is -4.42. The highest BCUT2D eigenvalue weighted by Gasteiger charge is 2.30. The van der Waals surface area contributed by atoms with Gasteiger partial charge in [-0.2, -0.15) is 24.9 Å². The molecule has 0 unspecified atom stereocenters. The highest BCUT2D eigenvalue weighted by molar-refractivity contribution is 7.99. The number of hydrogen-bond acceptors (Lipinski definition) is 4. The molecule has 1 aliphatic rings. The van der Waals surface area contributed by atoms with E-state index in [1.54, 1.807) is 24.3 Å². The van der Waals surface area contributed by atoms with Gasteiger partial charge in [0.1, 0.15) is 5.75 Å². The lowest BCUT2D eigenvalue weighted by molar-refractivity contribution is -0.137. The van der Waals surface area contributed by atoms with Crippen LogP contribution >= 0.6 is 11.8 Å². The third kappa shape index (κ3) is 6.41. The lowest BCUT2D eigenvalue weighted by atomic mass is 10.1. The second-order valence-electron chi connectivity index (χ2n) is 6.73. The SMILES string of the molecule is O=C(COc1ccc(C(F)(F)F)cc1)Nc1ccc(CC(=O)N2CCSCC2)cc1. The van der Waals surface area contributed by atoms with Gasteiger partial charge in [-0.05, 0) is 42.0 Å². The smallest absolute Gasteiger partial charge is 0.416 e. The van der Waals surface area contributed by atoms with E-state index in [0.717, 1.165) is 42.3 Å². The number of carbonyl (C=O) groups excluding carboxylic acids is 2. The van der Waals surface area contributed by atoms with Crippen LogP contribution in [0.4, 0.5) is 18.9 Å². The summed E-state index contributed by atoms with van der Waals surface area (Å²) in [6, 6.07) is 11.1. The molecule has 3 rings (SSSR count). The van der Waals surface area contributed by atoms with Crippen molar-refractivity contribution in [2.45, 2.75) is 12.6 Å². The Morgan fingerprint density at radius 3 is 2.23 bits per heavy atom. The molecule has 2 aromatic rings. The molecule has 0 radical (unpaired) electrons. The fourth-order valence-corrected chi connectivity index (χ4v) is 3.79. The van der Waals surface area contributed by atoms with Gasteiger partial charge in [-0.3, -0.25) is 9.59 Å². The molecule has 1 heterocycles. The molecule has 1 aliphatic heterocycles. The normalized spacial score (nSPS) is 14.3. The van der Waals surface area contributed by atoms with Crippen molar-refractivity contribution >= 4 is 29.3 Å². The average Bonchev–Trinajstić information content (AvgIpc) is 2.74. The van der Waals surface area contributed by atoms with E-state index < -0.39 is 17.6 Å². The van der Waals surface area contributed by atoms with E-state index >= 15 is 0 Å². The number of alkyl halides is 3.